The number of benzene rings is 1. The number of fused-ring (bicyclic) bond motifs is 1. The molecule has 142 valence electrons. The minimum atomic E-state index is -0.370. The summed E-state index contributed by atoms with van der Waals surface area (Å²) in [6.07, 6.45) is 4.47. The van der Waals surface area contributed by atoms with Gasteiger partial charge in [0.2, 0.25) is 0 Å². The number of anilines is 1. The predicted octanol–water partition coefficient (Wildman–Crippen LogP) is 3.13. The first-order valence-corrected chi connectivity index (χ1v) is 10.4. The number of carbonyl (C=O) groups is 2. The summed E-state index contributed by atoms with van der Waals surface area (Å²) >= 11 is 1.52. The van der Waals surface area contributed by atoms with Crippen LogP contribution in [0.2, 0.25) is 0 Å². The van der Waals surface area contributed by atoms with Gasteiger partial charge in [0.25, 0.3) is 5.91 Å². The molecule has 0 N–H and O–H groups in total. The summed E-state index contributed by atoms with van der Waals surface area (Å²) in [5.41, 5.74) is 2.46. The maximum Gasteiger partial charge on any atom is 0.348 e. The number of thiophene rings is 1. The van der Waals surface area contributed by atoms with E-state index in [1.54, 1.807) is 4.90 Å². The lowest BCUT2D eigenvalue weighted by Gasteiger charge is -2.36. The molecular weight excluding hydrogens is 360 g/mol. The standard InChI is InChI=1S/C21H24N2O3S/c24-20(23-12-10-22(11-13-23)17-7-2-1-3-8-17)15-26-21(25)19-14-16-6-4-5-9-18(16)27-19/h1-3,7-8,14H,4-6,9-13,15H2. The van der Waals surface area contributed by atoms with Crippen LogP contribution in [0.5, 0.6) is 0 Å². The second-order valence-corrected chi connectivity index (χ2v) is 8.18. The Bertz CT molecular complexity index is 787. The number of nitrogens with zero attached hydrogens (tertiary/aromatic N) is 2. The molecule has 0 saturated carbocycles. The number of hydrogen-bond acceptors (Lipinski definition) is 5. The van der Waals surface area contributed by atoms with E-state index in [0.717, 1.165) is 25.9 Å². The van der Waals surface area contributed by atoms with Gasteiger partial charge in [-0.1, -0.05) is 18.2 Å². The molecule has 0 unspecified atom stereocenters. The van der Waals surface area contributed by atoms with Gasteiger partial charge >= 0.3 is 5.97 Å². The molecule has 1 amide bonds. The maximum atomic E-state index is 12.4. The summed E-state index contributed by atoms with van der Waals surface area (Å²) in [4.78, 5) is 30.7. The van der Waals surface area contributed by atoms with Gasteiger partial charge in [-0.3, -0.25) is 4.79 Å². The van der Waals surface area contributed by atoms with Crippen molar-refractivity contribution in [3.63, 3.8) is 0 Å². The number of esters is 1. The van der Waals surface area contributed by atoms with E-state index < -0.39 is 0 Å². The molecule has 1 aromatic carbocycles. The Balaban J connectivity index is 1.26. The SMILES string of the molecule is O=C(OCC(=O)N1CCN(c2ccccc2)CC1)c1cc2c(s1)CCCC2. The van der Waals surface area contributed by atoms with Crippen molar-refractivity contribution >= 4 is 28.9 Å². The summed E-state index contributed by atoms with van der Waals surface area (Å²) in [5.74, 6) is -0.483. The van der Waals surface area contributed by atoms with Crippen molar-refractivity contribution in [3.8, 4) is 0 Å². The number of amides is 1. The Labute approximate surface area is 163 Å². The van der Waals surface area contributed by atoms with Gasteiger partial charge in [-0.05, 0) is 49.4 Å². The lowest BCUT2D eigenvalue weighted by Crippen LogP contribution is -2.49. The Morgan fingerprint density at radius 2 is 1.74 bits per heavy atom. The second kappa shape index (κ2) is 8.13. The van der Waals surface area contributed by atoms with Gasteiger partial charge in [-0.15, -0.1) is 11.3 Å². The number of aryl methyl sites for hydroxylation is 2. The fourth-order valence-corrected chi connectivity index (χ4v) is 4.88. The molecule has 1 fully saturated rings. The van der Waals surface area contributed by atoms with E-state index >= 15 is 0 Å². The molecule has 2 heterocycles. The van der Waals surface area contributed by atoms with Gasteiger partial charge in [0.05, 0.1) is 0 Å². The first-order chi connectivity index (χ1) is 13.2. The van der Waals surface area contributed by atoms with Crippen LogP contribution in [0.4, 0.5) is 5.69 Å². The molecule has 2 aliphatic rings. The topological polar surface area (TPSA) is 49.9 Å². The molecule has 0 atom stereocenters. The number of piperazine rings is 1. The highest BCUT2D eigenvalue weighted by Crippen LogP contribution is 2.30. The highest BCUT2D eigenvalue weighted by Gasteiger charge is 2.23. The summed E-state index contributed by atoms with van der Waals surface area (Å²) in [5, 5.41) is 0. The molecule has 4 rings (SSSR count). The van der Waals surface area contributed by atoms with Crippen molar-refractivity contribution in [3.05, 3.63) is 51.7 Å². The van der Waals surface area contributed by atoms with Crippen LogP contribution < -0.4 is 4.90 Å². The third-order valence-corrected chi connectivity index (χ3v) is 6.50. The lowest BCUT2D eigenvalue weighted by atomic mass is 9.99. The third-order valence-electron chi connectivity index (χ3n) is 5.28. The normalized spacial score (nSPS) is 16.7. The minimum Gasteiger partial charge on any atom is -0.451 e. The van der Waals surface area contributed by atoms with Crippen LogP contribution in [0.25, 0.3) is 0 Å². The maximum absolute atomic E-state index is 12.4. The zero-order valence-electron chi connectivity index (χ0n) is 15.4. The summed E-state index contributed by atoms with van der Waals surface area (Å²) in [6.45, 7) is 2.71. The Hall–Kier alpha value is -2.34. The van der Waals surface area contributed by atoms with Gasteiger partial charge in [0, 0.05) is 36.7 Å². The lowest BCUT2D eigenvalue weighted by molar-refractivity contribution is -0.134. The van der Waals surface area contributed by atoms with E-state index in [1.165, 1.54) is 40.3 Å². The number of hydrogen-bond donors (Lipinski definition) is 0. The first-order valence-electron chi connectivity index (χ1n) is 9.57. The average Bonchev–Trinajstić information content (AvgIpc) is 3.17. The van der Waals surface area contributed by atoms with E-state index in [-0.39, 0.29) is 18.5 Å². The van der Waals surface area contributed by atoms with Crippen LogP contribution in [0, 0.1) is 0 Å². The van der Waals surface area contributed by atoms with Crippen LogP contribution in [0.15, 0.2) is 36.4 Å². The van der Waals surface area contributed by atoms with Crippen LogP contribution >= 0.6 is 11.3 Å². The van der Waals surface area contributed by atoms with Crippen LogP contribution in [-0.4, -0.2) is 49.6 Å². The third kappa shape index (κ3) is 4.16. The van der Waals surface area contributed by atoms with E-state index in [0.29, 0.717) is 18.0 Å². The Kier molecular flexibility index (Phi) is 5.43. The monoisotopic (exact) mass is 384 g/mol. The number of carbonyl (C=O) groups excluding carboxylic acids is 2. The quantitative estimate of drug-likeness (QED) is 0.760. The second-order valence-electron chi connectivity index (χ2n) is 7.05. The minimum absolute atomic E-state index is 0.114. The number of para-hydroxylation sites is 1. The van der Waals surface area contributed by atoms with Crippen molar-refractivity contribution in [2.24, 2.45) is 0 Å². The fourth-order valence-electron chi connectivity index (χ4n) is 3.73. The van der Waals surface area contributed by atoms with Gasteiger partial charge in [-0.25, -0.2) is 4.79 Å². The molecule has 1 saturated heterocycles. The van der Waals surface area contributed by atoms with E-state index in [1.807, 2.05) is 24.3 Å². The smallest absolute Gasteiger partial charge is 0.348 e. The zero-order valence-corrected chi connectivity index (χ0v) is 16.2. The molecule has 0 bridgehead atoms. The van der Waals surface area contributed by atoms with Gasteiger partial charge in [0.15, 0.2) is 6.61 Å². The fraction of sp³-hybridized carbons (Fsp3) is 0.429. The van der Waals surface area contributed by atoms with Crippen LogP contribution in [-0.2, 0) is 22.4 Å². The Morgan fingerprint density at radius 3 is 2.48 bits per heavy atom. The predicted molar refractivity (Wildman–Crippen MR) is 106 cm³/mol. The average molecular weight is 385 g/mol. The summed E-state index contributed by atoms with van der Waals surface area (Å²) in [6, 6.07) is 12.2. The first kappa shape index (κ1) is 18.0. The van der Waals surface area contributed by atoms with Crippen LogP contribution in [0.1, 0.15) is 33.0 Å². The molecular formula is C21H24N2O3S. The molecule has 0 spiro atoms. The van der Waals surface area contributed by atoms with Gasteiger partial charge in [-0.2, -0.15) is 0 Å². The van der Waals surface area contributed by atoms with Crippen molar-refractivity contribution in [1.29, 1.82) is 0 Å². The molecule has 5 nitrogen and oxygen atoms in total. The molecule has 1 aliphatic carbocycles. The largest absolute Gasteiger partial charge is 0.451 e. The molecule has 0 radical (unpaired) electrons. The van der Waals surface area contributed by atoms with Crippen LogP contribution in [0.3, 0.4) is 0 Å². The molecule has 2 aromatic rings. The molecule has 1 aromatic heterocycles. The zero-order chi connectivity index (χ0) is 18.6. The van der Waals surface area contributed by atoms with Crippen molar-refractivity contribution < 1.29 is 14.3 Å². The van der Waals surface area contributed by atoms with E-state index in [9.17, 15) is 9.59 Å². The van der Waals surface area contributed by atoms with Crippen molar-refractivity contribution in [2.45, 2.75) is 25.7 Å². The Morgan fingerprint density at radius 1 is 1.00 bits per heavy atom. The summed E-state index contributed by atoms with van der Waals surface area (Å²) in [7, 11) is 0. The molecule has 6 heteroatoms. The highest BCUT2D eigenvalue weighted by molar-refractivity contribution is 7.14. The molecule has 1 aliphatic heterocycles. The molecule has 27 heavy (non-hydrogen) atoms. The van der Waals surface area contributed by atoms with Crippen molar-refractivity contribution in [2.75, 3.05) is 37.7 Å². The number of rotatable bonds is 4. The van der Waals surface area contributed by atoms with E-state index in [2.05, 4.69) is 17.0 Å². The van der Waals surface area contributed by atoms with Crippen molar-refractivity contribution in [1.82, 2.24) is 4.90 Å². The highest BCUT2D eigenvalue weighted by atomic mass is 32.1. The summed E-state index contributed by atoms with van der Waals surface area (Å²) < 4.78 is 5.30. The van der Waals surface area contributed by atoms with Gasteiger partial charge < -0.3 is 14.5 Å². The van der Waals surface area contributed by atoms with Gasteiger partial charge in [0.1, 0.15) is 4.88 Å². The number of ether oxygens (including phenoxy) is 1. The van der Waals surface area contributed by atoms with E-state index in [4.69, 9.17) is 4.74 Å².